The lowest BCUT2D eigenvalue weighted by molar-refractivity contribution is 0.0454. The predicted octanol–water partition coefficient (Wildman–Crippen LogP) is -0.0248. The molecule has 0 amide bonds. The molecule has 120 valence electrons. The smallest absolute Gasteiger partial charge is 0.354 e. The van der Waals surface area contributed by atoms with E-state index in [0.717, 1.165) is 0 Å². The van der Waals surface area contributed by atoms with Gasteiger partial charge < -0.3 is 18.8 Å². The fourth-order valence-corrected chi connectivity index (χ4v) is 2.18. The summed E-state index contributed by atoms with van der Waals surface area (Å²) in [5.41, 5.74) is 0.119. The van der Waals surface area contributed by atoms with Gasteiger partial charge in [0.2, 0.25) is 10.0 Å². The summed E-state index contributed by atoms with van der Waals surface area (Å²) in [7, 11) is -0.823. The van der Waals surface area contributed by atoms with Gasteiger partial charge in [-0.2, -0.15) is 0 Å². The van der Waals surface area contributed by atoms with Gasteiger partial charge in [0, 0.05) is 40.0 Å². The van der Waals surface area contributed by atoms with Gasteiger partial charge in [-0.15, -0.1) is 0 Å². The van der Waals surface area contributed by atoms with E-state index in [1.807, 2.05) is 0 Å². The van der Waals surface area contributed by atoms with Crippen LogP contribution in [0.25, 0.3) is 0 Å². The molecular formula is C12H20N2O6S. The van der Waals surface area contributed by atoms with Crippen LogP contribution in [0.15, 0.2) is 17.2 Å². The van der Waals surface area contributed by atoms with Crippen LogP contribution in [-0.4, -0.2) is 53.0 Å². The molecule has 8 nitrogen and oxygen atoms in total. The molecule has 0 radical (unpaired) electrons. The minimum Gasteiger partial charge on any atom is -0.461 e. The molecule has 0 aliphatic carbocycles. The van der Waals surface area contributed by atoms with Crippen molar-refractivity contribution in [3.8, 4) is 0 Å². The van der Waals surface area contributed by atoms with E-state index in [0.29, 0.717) is 26.2 Å². The van der Waals surface area contributed by atoms with Gasteiger partial charge in [-0.1, -0.05) is 0 Å². The Morgan fingerprint density at radius 1 is 1.24 bits per heavy atom. The number of methoxy groups -OCH3 is 2. The molecule has 21 heavy (non-hydrogen) atoms. The summed E-state index contributed by atoms with van der Waals surface area (Å²) in [6, 6.07) is 1.20. The first-order valence-electron chi connectivity index (χ1n) is 6.28. The maximum atomic E-state index is 12.0. The largest absolute Gasteiger partial charge is 0.461 e. The molecule has 0 aromatic carbocycles. The molecule has 1 heterocycles. The Balaban J connectivity index is 2.86. The fourth-order valence-electron chi connectivity index (χ4n) is 1.63. The second kappa shape index (κ2) is 8.13. The molecule has 0 saturated heterocycles. The standard InChI is InChI=1S/C12H20N2O6S/c1-18-5-3-6-20-12(15)11-8-10(21(13,16)17)9-14(11)4-7-19-2/h8-9H,3-7H2,1-2H3,(H2,13,16,17). The van der Waals surface area contributed by atoms with Crippen LogP contribution < -0.4 is 5.14 Å². The van der Waals surface area contributed by atoms with Crippen LogP contribution in [0.3, 0.4) is 0 Å². The first-order valence-corrected chi connectivity index (χ1v) is 7.82. The van der Waals surface area contributed by atoms with E-state index in [1.165, 1.54) is 23.9 Å². The van der Waals surface area contributed by atoms with Crippen molar-refractivity contribution >= 4 is 16.0 Å². The molecule has 0 aliphatic heterocycles. The average molecular weight is 320 g/mol. The minimum atomic E-state index is -3.88. The maximum Gasteiger partial charge on any atom is 0.354 e. The lowest BCUT2D eigenvalue weighted by Crippen LogP contribution is -2.15. The van der Waals surface area contributed by atoms with Crippen molar-refractivity contribution < 1.29 is 27.4 Å². The Labute approximate surface area is 123 Å². The quantitative estimate of drug-likeness (QED) is 0.505. The normalized spacial score (nSPS) is 11.6. The molecule has 1 rings (SSSR count). The number of carbonyl (C=O) groups is 1. The number of sulfonamides is 1. The number of hydrogen-bond acceptors (Lipinski definition) is 6. The van der Waals surface area contributed by atoms with Crippen molar-refractivity contribution in [1.82, 2.24) is 4.57 Å². The Morgan fingerprint density at radius 2 is 1.90 bits per heavy atom. The zero-order valence-corrected chi connectivity index (χ0v) is 12.9. The number of carbonyl (C=O) groups excluding carboxylic acids is 1. The van der Waals surface area contributed by atoms with E-state index in [1.54, 1.807) is 7.11 Å². The molecule has 0 spiro atoms. The summed E-state index contributed by atoms with van der Waals surface area (Å²) in [6.07, 6.45) is 1.85. The summed E-state index contributed by atoms with van der Waals surface area (Å²) < 4.78 is 39.0. The molecule has 0 aliphatic rings. The molecule has 0 unspecified atom stereocenters. The zero-order valence-electron chi connectivity index (χ0n) is 12.1. The predicted molar refractivity (Wildman–Crippen MR) is 74.5 cm³/mol. The van der Waals surface area contributed by atoms with Crippen molar-refractivity contribution in [1.29, 1.82) is 0 Å². The van der Waals surface area contributed by atoms with Gasteiger partial charge in [0.05, 0.1) is 13.2 Å². The number of hydrogen-bond donors (Lipinski definition) is 1. The highest BCUT2D eigenvalue weighted by molar-refractivity contribution is 7.89. The first kappa shape index (κ1) is 17.6. The Kier molecular flexibility index (Phi) is 6.82. The van der Waals surface area contributed by atoms with Gasteiger partial charge in [-0.25, -0.2) is 18.4 Å². The Bertz CT molecular complexity index is 566. The summed E-state index contributed by atoms with van der Waals surface area (Å²) in [5.74, 6) is -0.614. The zero-order chi connectivity index (χ0) is 15.9. The Morgan fingerprint density at radius 3 is 2.48 bits per heavy atom. The van der Waals surface area contributed by atoms with Crippen molar-refractivity contribution in [3.05, 3.63) is 18.0 Å². The highest BCUT2D eigenvalue weighted by Crippen LogP contribution is 2.14. The van der Waals surface area contributed by atoms with E-state index in [2.05, 4.69) is 0 Å². The molecule has 9 heteroatoms. The molecule has 2 N–H and O–H groups in total. The molecule has 0 bridgehead atoms. The number of ether oxygens (including phenoxy) is 3. The third kappa shape index (κ3) is 5.46. The maximum absolute atomic E-state index is 12.0. The number of aromatic nitrogens is 1. The van der Waals surface area contributed by atoms with E-state index in [-0.39, 0.29) is 17.2 Å². The monoisotopic (exact) mass is 320 g/mol. The van der Waals surface area contributed by atoms with Gasteiger partial charge in [0.15, 0.2) is 0 Å². The second-order valence-electron chi connectivity index (χ2n) is 4.27. The number of primary sulfonamides is 1. The van der Waals surface area contributed by atoms with Crippen molar-refractivity contribution in [2.45, 2.75) is 17.9 Å². The highest BCUT2D eigenvalue weighted by Gasteiger charge is 2.19. The lowest BCUT2D eigenvalue weighted by atomic mass is 10.4. The number of nitrogens with zero attached hydrogens (tertiary/aromatic N) is 1. The van der Waals surface area contributed by atoms with Crippen molar-refractivity contribution in [3.63, 3.8) is 0 Å². The van der Waals surface area contributed by atoms with Crippen LogP contribution in [0.4, 0.5) is 0 Å². The SMILES string of the molecule is COCCCOC(=O)c1cc(S(N)(=O)=O)cn1CCOC. The van der Waals surface area contributed by atoms with Crippen LogP contribution in [0, 0.1) is 0 Å². The van der Waals surface area contributed by atoms with E-state index >= 15 is 0 Å². The average Bonchev–Trinajstić information content (AvgIpc) is 2.85. The van der Waals surface area contributed by atoms with E-state index in [4.69, 9.17) is 19.3 Å². The summed E-state index contributed by atoms with van der Waals surface area (Å²) in [4.78, 5) is 11.8. The van der Waals surface area contributed by atoms with E-state index in [9.17, 15) is 13.2 Å². The third-order valence-corrected chi connectivity index (χ3v) is 3.55. The second-order valence-corrected chi connectivity index (χ2v) is 5.84. The first-order chi connectivity index (χ1) is 9.90. The molecule has 0 saturated carbocycles. The number of rotatable bonds is 9. The van der Waals surface area contributed by atoms with Crippen LogP contribution in [0.2, 0.25) is 0 Å². The molecule has 0 fully saturated rings. The van der Waals surface area contributed by atoms with Gasteiger partial charge in [0.1, 0.15) is 10.6 Å². The van der Waals surface area contributed by atoms with Crippen LogP contribution in [-0.2, 0) is 30.8 Å². The molecule has 1 aromatic rings. The van der Waals surface area contributed by atoms with Gasteiger partial charge in [-0.3, -0.25) is 0 Å². The van der Waals surface area contributed by atoms with Crippen molar-refractivity contribution in [2.75, 3.05) is 34.0 Å². The van der Waals surface area contributed by atoms with Crippen LogP contribution >= 0.6 is 0 Å². The van der Waals surface area contributed by atoms with Gasteiger partial charge in [0.25, 0.3) is 0 Å². The fraction of sp³-hybridized carbons (Fsp3) is 0.583. The number of esters is 1. The van der Waals surface area contributed by atoms with E-state index < -0.39 is 16.0 Å². The highest BCUT2D eigenvalue weighted by atomic mass is 32.2. The van der Waals surface area contributed by atoms with Gasteiger partial charge >= 0.3 is 5.97 Å². The number of nitrogens with two attached hydrogens (primary N) is 1. The van der Waals surface area contributed by atoms with Crippen LogP contribution in [0.5, 0.6) is 0 Å². The topological polar surface area (TPSA) is 110 Å². The molecular weight excluding hydrogens is 300 g/mol. The van der Waals surface area contributed by atoms with Crippen molar-refractivity contribution in [2.24, 2.45) is 5.14 Å². The third-order valence-electron chi connectivity index (χ3n) is 2.67. The summed E-state index contributed by atoms with van der Waals surface area (Å²) in [6.45, 7) is 1.30. The summed E-state index contributed by atoms with van der Waals surface area (Å²) in [5, 5.41) is 5.07. The molecule has 1 aromatic heterocycles. The minimum absolute atomic E-state index is 0.119. The molecule has 0 atom stereocenters. The summed E-state index contributed by atoms with van der Waals surface area (Å²) >= 11 is 0. The Hall–Kier alpha value is -1.42. The lowest BCUT2D eigenvalue weighted by Gasteiger charge is -2.08. The van der Waals surface area contributed by atoms with Gasteiger partial charge in [-0.05, 0) is 6.07 Å². The van der Waals surface area contributed by atoms with Crippen LogP contribution in [0.1, 0.15) is 16.9 Å².